The minimum absolute atomic E-state index is 0.0510. The first kappa shape index (κ1) is 16.3. The van der Waals surface area contributed by atoms with Gasteiger partial charge in [0.25, 0.3) is 0 Å². The fourth-order valence-electron chi connectivity index (χ4n) is 2.39. The van der Waals surface area contributed by atoms with Crippen LogP contribution in [0.5, 0.6) is 0 Å². The van der Waals surface area contributed by atoms with Crippen LogP contribution in [0, 0.1) is 6.92 Å². The summed E-state index contributed by atoms with van der Waals surface area (Å²) in [6.45, 7) is 5.85. The van der Waals surface area contributed by atoms with Gasteiger partial charge in [-0.2, -0.15) is 11.8 Å². The van der Waals surface area contributed by atoms with Gasteiger partial charge in [0.15, 0.2) is 0 Å². The minimum atomic E-state index is 0.0510. The first-order chi connectivity index (χ1) is 10.2. The Morgan fingerprint density at radius 2 is 2.14 bits per heavy atom. The number of carbonyl (C=O) groups excluding carboxylic acids is 1. The van der Waals surface area contributed by atoms with Gasteiger partial charge in [0.2, 0.25) is 5.91 Å². The van der Waals surface area contributed by atoms with Crippen molar-refractivity contribution in [1.29, 1.82) is 0 Å². The summed E-state index contributed by atoms with van der Waals surface area (Å²) < 4.78 is 0. The Morgan fingerprint density at radius 1 is 1.38 bits per heavy atom. The summed E-state index contributed by atoms with van der Waals surface area (Å²) in [7, 11) is 0. The minimum Gasteiger partial charge on any atom is -0.330 e. The first-order valence-corrected chi connectivity index (χ1v) is 8.74. The predicted octanol–water partition coefficient (Wildman–Crippen LogP) is 2.22. The molecule has 2 rings (SSSR count). The van der Waals surface area contributed by atoms with Gasteiger partial charge in [-0.15, -0.1) is 0 Å². The highest BCUT2D eigenvalue weighted by Gasteiger charge is 2.12. The second-order valence-electron chi connectivity index (χ2n) is 5.48. The molecule has 0 unspecified atom stereocenters. The van der Waals surface area contributed by atoms with Crippen molar-refractivity contribution < 1.29 is 4.79 Å². The van der Waals surface area contributed by atoms with Gasteiger partial charge in [0, 0.05) is 43.2 Å². The van der Waals surface area contributed by atoms with Crippen LogP contribution in [0.3, 0.4) is 0 Å². The van der Waals surface area contributed by atoms with E-state index >= 15 is 0 Å². The van der Waals surface area contributed by atoms with E-state index in [9.17, 15) is 4.79 Å². The van der Waals surface area contributed by atoms with E-state index in [4.69, 9.17) is 5.73 Å². The highest BCUT2D eigenvalue weighted by Crippen LogP contribution is 2.20. The molecule has 1 aromatic carbocycles. The van der Waals surface area contributed by atoms with Crippen LogP contribution in [-0.2, 0) is 11.3 Å². The molecule has 0 spiro atoms. The number of rotatable bonds is 6. The molecule has 5 heteroatoms. The number of carbonyl (C=O) groups is 1. The van der Waals surface area contributed by atoms with E-state index < -0.39 is 0 Å². The summed E-state index contributed by atoms with van der Waals surface area (Å²) >= 11 is 2.02. The van der Waals surface area contributed by atoms with Crippen LogP contribution in [0.25, 0.3) is 0 Å². The molecule has 1 heterocycles. The molecule has 1 aromatic rings. The monoisotopic (exact) mass is 307 g/mol. The van der Waals surface area contributed by atoms with Crippen molar-refractivity contribution in [3.05, 3.63) is 29.3 Å². The molecule has 1 fully saturated rings. The molecule has 0 aliphatic carbocycles. The summed E-state index contributed by atoms with van der Waals surface area (Å²) in [4.78, 5) is 14.3. The lowest BCUT2D eigenvalue weighted by Crippen LogP contribution is -2.32. The summed E-state index contributed by atoms with van der Waals surface area (Å²) in [6.07, 6.45) is 1.22. The Bertz CT molecular complexity index is 473. The molecule has 0 saturated carbocycles. The van der Waals surface area contributed by atoms with Crippen molar-refractivity contribution in [3.63, 3.8) is 0 Å². The van der Waals surface area contributed by atoms with E-state index in [0.717, 1.165) is 37.3 Å². The Labute approximate surface area is 131 Å². The molecule has 0 radical (unpaired) electrons. The molecule has 1 amide bonds. The van der Waals surface area contributed by atoms with Crippen molar-refractivity contribution in [2.75, 3.05) is 36.5 Å². The van der Waals surface area contributed by atoms with Gasteiger partial charge in [-0.25, -0.2) is 0 Å². The van der Waals surface area contributed by atoms with Crippen molar-refractivity contribution in [2.45, 2.75) is 26.3 Å². The van der Waals surface area contributed by atoms with Gasteiger partial charge in [-0.3, -0.25) is 9.69 Å². The largest absolute Gasteiger partial charge is 0.330 e. The molecule has 1 aliphatic rings. The summed E-state index contributed by atoms with van der Waals surface area (Å²) in [5.41, 5.74) is 8.74. The highest BCUT2D eigenvalue weighted by molar-refractivity contribution is 7.99. The van der Waals surface area contributed by atoms with E-state index in [1.165, 1.54) is 17.1 Å². The molecule has 3 N–H and O–H groups in total. The highest BCUT2D eigenvalue weighted by atomic mass is 32.2. The van der Waals surface area contributed by atoms with Crippen LogP contribution in [0.2, 0.25) is 0 Å². The Balaban J connectivity index is 1.97. The quantitative estimate of drug-likeness (QED) is 0.846. The normalized spacial score (nSPS) is 15.9. The molecular formula is C16H25N3OS. The number of hydrogen-bond donors (Lipinski definition) is 2. The van der Waals surface area contributed by atoms with E-state index in [1.54, 1.807) is 0 Å². The molecule has 116 valence electrons. The summed E-state index contributed by atoms with van der Waals surface area (Å²) in [5.74, 6) is 2.48. The van der Waals surface area contributed by atoms with Gasteiger partial charge in [-0.05, 0) is 37.1 Å². The van der Waals surface area contributed by atoms with Gasteiger partial charge in [0.05, 0.1) is 0 Å². The molecule has 0 atom stereocenters. The van der Waals surface area contributed by atoms with Crippen molar-refractivity contribution in [1.82, 2.24) is 4.90 Å². The zero-order valence-corrected chi connectivity index (χ0v) is 13.5. The Kier molecular flexibility index (Phi) is 6.54. The average molecular weight is 307 g/mol. The Morgan fingerprint density at radius 3 is 2.86 bits per heavy atom. The summed E-state index contributed by atoms with van der Waals surface area (Å²) in [6, 6.07) is 6.36. The lowest BCUT2D eigenvalue weighted by molar-refractivity contribution is -0.116. The van der Waals surface area contributed by atoms with Crippen molar-refractivity contribution >= 4 is 23.4 Å². The zero-order valence-electron chi connectivity index (χ0n) is 12.7. The Hall–Kier alpha value is -1.04. The SMILES string of the molecule is Cc1ccc(CN2CCSCC2)cc1NC(=O)CCCN. The van der Waals surface area contributed by atoms with Crippen molar-refractivity contribution in [3.8, 4) is 0 Å². The van der Waals surface area contributed by atoms with Crippen LogP contribution >= 0.6 is 11.8 Å². The molecule has 4 nitrogen and oxygen atoms in total. The number of anilines is 1. The first-order valence-electron chi connectivity index (χ1n) is 7.58. The molecule has 1 saturated heterocycles. The topological polar surface area (TPSA) is 58.4 Å². The second kappa shape index (κ2) is 8.41. The number of benzene rings is 1. The number of hydrogen-bond acceptors (Lipinski definition) is 4. The number of thioether (sulfide) groups is 1. The number of nitrogens with zero attached hydrogens (tertiary/aromatic N) is 1. The lowest BCUT2D eigenvalue weighted by Gasteiger charge is -2.26. The van der Waals surface area contributed by atoms with Gasteiger partial charge >= 0.3 is 0 Å². The van der Waals surface area contributed by atoms with Crippen LogP contribution in [-0.4, -0.2) is 41.9 Å². The fourth-order valence-corrected chi connectivity index (χ4v) is 3.37. The number of nitrogens with one attached hydrogen (secondary N) is 1. The predicted molar refractivity (Wildman–Crippen MR) is 90.7 cm³/mol. The molecular weight excluding hydrogens is 282 g/mol. The van der Waals surface area contributed by atoms with Gasteiger partial charge < -0.3 is 11.1 Å². The maximum absolute atomic E-state index is 11.8. The van der Waals surface area contributed by atoms with E-state index in [0.29, 0.717) is 13.0 Å². The zero-order chi connectivity index (χ0) is 15.1. The fraction of sp³-hybridized carbons (Fsp3) is 0.562. The number of nitrogens with two attached hydrogens (primary N) is 1. The standard InChI is InChI=1S/C16H25N3OS/c1-13-4-5-14(12-19-7-9-21-10-8-19)11-15(13)18-16(20)3-2-6-17/h4-5,11H,2-3,6-10,12,17H2,1H3,(H,18,20). The molecule has 0 bridgehead atoms. The van der Waals surface area contributed by atoms with Crippen LogP contribution in [0.4, 0.5) is 5.69 Å². The van der Waals surface area contributed by atoms with Gasteiger partial charge in [-0.1, -0.05) is 12.1 Å². The smallest absolute Gasteiger partial charge is 0.224 e. The third-order valence-electron chi connectivity index (χ3n) is 3.69. The maximum atomic E-state index is 11.8. The van der Waals surface area contributed by atoms with Crippen LogP contribution in [0.15, 0.2) is 18.2 Å². The second-order valence-corrected chi connectivity index (χ2v) is 6.70. The molecule has 1 aliphatic heterocycles. The van der Waals surface area contributed by atoms with Crippen LogP contribution < -0.4 is 11.1 Å². The number of aryl methyl sites for hydroxylation is 1. The average Bonchev–Trinajstić information content (AvgIpc) is 2.49. The van der Waals surface area contributed by atoms with E-state index in [-0.39, 0.29) is 5.91 Å². The third-order valence-corrected chi connectivity index (χ3v) is 4.64. The number of amides is 1. The lowest BCUT2D eigenvalue weighted by atomic mass is 10.1. The van der Waals surface area contributed by atoms with E-state index in [1.807, 2.05) is 18.7 Å². The molecule has 0 aromatic heterocycles. The van der Waals surface area contributed by atoms with E-state index in [2.05, 4.69) is 28.4 Å². The summed E-state index contributed by atoms with van der Waals surface area (Å²) in [5, 5.41) is 3.01. The van der Waals surface area contributed by atoms with Gasteiger partial charge in [0.1, 0.15) is 0 Å². The maximum Gasteiger partial charge on any atom is 0.224 e. The van der Waals surface area contributed by atoms with Crippen molar-refractivity contribution in [2.24, 2.45) is 5.73 Å². The molecule has 21 heavy (non-hydrogen) atoms. The third kappa shape index (κ3) is 5.34. The van der Waals surface area contributed by atoms with Crippen LogP contribution in [0.1, 0.15) is 24.0 Å².